The molecule has 0 aromatic heterocycles. The summed E-state index contributed by atoms with van der Waals surface area (Å²) in [4.78, 5) is 6.80. The average Bonchev–Trinajstić information content (AvgIpc) is 2.42. The van der Waals surface area contributed by atoms with E-state index in [0.717, 1.165) is 24.6 Å². The Hall–Kier alpha value is -1.53. The highest BCUT2D eigenvalue weighted by molar-refractivity contribution is 6.30. The second-order valence-corrected chi connectivity index (χ2v) is 4.82. The van der Waals surface area contributed by atoms with Crippen LogP contribution < -0.4 is 0 Å². The monoisotopic (exact) mass is 261 g/mol. The molecule has 0 saturated carbocycles. The molecule has 94 valence electrons. The Kier molecular flexibility index (Phi) is 4.60. The van der Waals surface area contributed by atoms with Gasteiger partial charge in [-0.2, -0.15) is 5.26 Å². The van der Waals surface area contributed by atoms with Crippen molar-refractivity contribution in [2.45, 2.75) is 25.7 Å². The van der Waals surface area contributed by atoms with Crippen LogP contribution in [0, 0.1) is 11.3 Å². The number of piperidine rings is 1. The number of aliphatic imine (C=N–C) groups is 1. The summed E-state index contributed by atoms with van der Waals surface area (Å²) in [5, 5.41) is 9.61. The summed E-state index contributed by atoms with van der Waals surface area (Å²) in [6.45, 7) is 2.02. The van der Waals surface area contributed by atoms with Crippen LogP contribution in [0.15, 0.2) is 29.3 Å². The topological polar surface area (TPSA) is 39.4 Å². The van der Waals surface area contributed by atoms with Crippen molar-refractivity contribution in [3.8, 4) is 6.07 Å². The second kappa shape index (κ2) is 6.42. The van der Waals surface area contributed by atoms with Crippen molar-refractivity contribution in [2.75, 3.05) is 13.1 Å². The van der Waals surface area contributed by atoms with Crippen LogP contribution in [-0.2, 0) is 0 Å². The molecule has 0 amide bonds. The molecular weight excluding hydrogens is 246 g/mol. The van der Waals surface area contributed by atoms with Crippen LogP contribution in [0.4, 0.5) is 5.69 Å². The zero-order valence-electron chi connectivity index (χ0n) is 10.3. The van der Waals surface area contributed by atoms with Crippen molar-refractivity contribution in [1.29, 1.82) is 5.26 Å². The van der Waals surface area contributed by atoms with Gasteiger partial charge in [0.15, 0.2) is 0 Å². The predicted molar refractivity (Wildman–Crippen MR) is 74.2 cm³/mol. The Balaban J connectivity index is 2.17. The van der Waals surface area contributed by atoms with E-state index in [9.17, 15) is 0 Å². The minimum absolute atomic E-state index is 0.364. The fourth-order valence-electron chi connectivity index (χ4n) is 2.11. The van der Waals surface area contributed by atoms with Gasteiger partial charge in [-0.25, -0.2) is 4.99 Å². The molecule has 18 heavy (non-hydrogen) atoms. The number of hydrogen-bond acceptors (Lipinski definition) is 2. The molecule has 1 heterocycles. The van der Waals surface area contributed by atoms with Crippen LogP contribution in [0.2, 0.25) is 5.02 Å². The third-order valence-corrected chi connectivity index (χ3v) is 3.30. The van der Waals surface area contributed by atoms with Crippen molar-refractivity contribution in [1.82, 2.24) is 4.90 Å². The minimum Gasteiger partial charge on any atom is -0.359 e. The number of halogens is 1. The van der Waals surface area contributed by atoms with E-state index in [2.05, 4.69) is 16.0 Å². The predicted octanol–water partition coefficient (Wildman–Crippen LogP) is 3.77. The highest BCUT2D eigenvalue weighted by Gasteiger charge is 2.14. The molecule has 4 heteroatoms. The van der Waals surface area contributed by atoms with Crippen molar-refractivity contribution in [3.05, 3.63) is 29.3 Å². The number of benzene rings is 1. The third-order valence-electron chi connectivity index (χ3n) is 3.04. The molecule has 0 spiro atoms. The summed E-state index contributed by atoms with van der Waals surface area (Å²) in [5.41, 5.74) is 0.857. The number of rotatable bonds is 2. The van der Waals surface area contributed by atoms with Crippen LogP contribution in [0.1, 0.15) is 25.7 Å². The van der Waals surface area contributed by atoms with E-state index >= 15 is 0 Å². The maximum Gasteiger partial charge on any atom is 0.119 e. The molecule has 3 nitrogen and oxygen atoms in total. The zero-order valence-corrected chi connectivity index (χ0v) is 11.0. The van der Waals surface area contributed by atoms with Gasteiger partial charge in [0, 0.05) is 18.1 Å². The highest BCUT2D eigenvalue weighted by Crippen LogP contribution is 2.19. The molecule has 0 N–H and O–H groups in total. The average molecular weight is 262 g/mol. The first kappa shape index (κ1) is 12.9. The Morgan fingerprint density at radius 1 is 1.22 bits per heavy atom. The summed E-state index contributed by atoms with van der Waals surface area (Å²) in [7, 11) is 0. The maximum atomic E-state index is 8.91. The molecule has 1 aromatic carbocycles. The van der Waals surface area contributed by atoms with Gasteiger partial charge < -0.3 is 4.90 Å². The highest BCUT2D eigenvalue weighted by atomic mass is 35.5. The van der Waals surface area contributed by atoms with Gasteiger partial charge in [0.25, 0.3) is 0 Å². The van der Waals surface area contributed by atoms with Gasteiger partial charge >= 0.3 is 0 Å². The van der Waals surface area contributed by atoms with Crippen LogP contribution in [0.25, 0.3) is 0 Å². The Labute approximate surface area is 113 Å². The summed E-state index contributed by atoms with van der Waals surface area (Å²) >= 11 is 5.85. The van der Waals surface area contributed by atoms with Crippen LogP contribution in [0.3, 0.4) is 0 Å². The van der Waals surface area contributed by atoms with Gasteiger partial charge in [0.05, 0.1) is 18.2 Å². The summed E-state index contributed by atoms with van der Waals surface area (Å²) in [6, 6.07) is 9.60. The lowest BCUT2D eigenvalue weighted by molar-refractivity contribution is 0.339. The minimum atomic E-state index is 0.364. The SMILES string of the molecule is N#CCC(=Nc1ccc(Cl)cc1)N1CCCCC1. The van der Waals surface area contributed by atoms with Gasteiger partial charge in [-0.05, 0) is 43.5 Å². The first-order valence-electron chi connectivity index (χ1n) is 6.24. The van der Waals surface area contributed by atoms with E-state index in [1.165, 1.54) is 19.3 Å². The molecule has 1 fully saturated rings. The molecule has 0 unspecified atom stereocenters. The van der Waals surface area contributed by atoms with E-state index < -0.39 is 0 Å². The Morgan fingerprint density at radius 3 is 2.50 bits per heavy atom. The third kappa shape index (κ3) is 3.48. The molecule has 2 rings (SSSR count). The van der Waals surface area contributed by atoms with Gasteiger partial charge in [0.1, 0.15) is 5.84 Å². The van der Waals surface area contributed by atoms with Crippen molar-refractivity contribution in [3.63, 3.8) is 0 Å². The molecular formula is C14H16ClN3. The lowest BCUT2D eigenvalue weighted by Crippen LogP contribution is -2.35. The van der Waals surface area contributed by atoms with E-state index in [4.69, 9.17) is 16.9 Å². The van der Waals surface area contributed by atoms with Crippen molar-refractivity contribution >= 4 is 23.1 Å². The van der Waals surface area contributed by atoms with E-state index in [-0.39, 0.29) is 0 Å². The summed E-state index contributed by atoms with van der Waals surface area (Å²) in [6.07, 6.45) is 4.01. The largest absolute Gasteiger partial charge is 0.359 e. The second-order valence-electron chi connectivity index (χ2n) is 4.39. The molecule has 1 aliphatic heterocycles. The lowest BCUT2D eigenvalue weighted by atomic mass is 10.1. The standard InChI is InChI=1S/C14H16ClN3/c15-12-4-6-13(7-5-12)17-14(8-9-16)18-10-2-1-3-11-18/h4-7H,1-3,8,10-11H2. The first-order valence-corrected chi connectivity index (χ1v) is 6.62. The summed E-state index contributed by atoms with van der Waals surface area (Å²) in [5.74, 6) is 0.875. The number of hydrogen-bond donors (Lipinski definition) is 0. The first-order chi connectivity index (χ1) is 8.79. The smallest absolute Gasteiger partial charge is 0.119 e. The fourth-order valence-corrected chi connectivity index (χ4v) is 2.24. The Morgan fingerprint density at radius 2 is 1.89 bits per heavy atom. The molecule has 0 atom stereocenters. The maximum absolute atomic E-state index is 8.91. The summed E-state index contributed by atoms with van der Waals surface area (Å²) < 4.78 is 0. The molecule has 0 radical (unpaired) electrons. The van der Waals surface area contributed by atoms with Crippen molar-refractivity contribution < 1.29 is 0 Å². The molecule has 1 aliphatic rings. The zero-order chi connectivity index (χ0) is 12.8. The fraction of sp³-hybridized carbons (Fsp3) is 0.429. The normalized spacial score (nSPS) is 16.4. The van der Waals surface area contributed by atoms with Crippen molar-refractivity contribution in [2.24, 2.45) is 4.99 Å². The quantitative estimate of drug-likeness (QED) is 0.600. The van der Waals surface area contributed by atoms with E-state index in [0.29, 0.717) is 11.4 Å². The number of likely N-dealkylation sites (tertiary alicyclic amines) is 1. The van der Waals surface area contributed by atoms with Gasteiger partial charge in [-0.1, -0.05) is 11.6 Å². The molecule has 1 aromatic rings. The number of nitrogens with zero attached hydrogens (tertiary/aromatic N) is 3. The lowest BCUT2D eigenvalue weighted by Gasteiger charge is -2.28. The van der Waals surface area contributed by atoms with Crippen LogP contribution in [0.5, 0.6) is 0 Å². The molecule has 0 bridgehead atoms. The van der Waals surface area contributed by atoms with Crippen LogP contribution >= 0.6 is 11.6 Å². The van der Waals surface area contributed by atoms with Gasteiger partial charge in [-0.3, -0.25) is 0 Å². The Bertz CT molecular complexity index is 453. The van der Waals surface area contributed by atoms with Crippen LogP contribution in [-0.4, -0.2) is 23.8 Å². The number of nitriles is 1. The van der Waals surface area contributed by atoms with Gasteiger partial charge in [0.2, 0.25) is 0 Å². The van der Waals surface area contributed by atoms with Gasteiger partial charge in [-0.15, -0.1) is 0 Å². The molecule has 1 saturated heterocycles. The molecule has 0 aliphatic carbocycles. The van der Waals surface area contributed by atoms with E-state index in [1.807, 2.05) is 24.3 Å². The number of amidine groups is 1. The van der Waals surface area contributed by atoms with E-state index in [1.54, 1.807) is 0 Å².